The van der Waals surface area contributed by atoms with Gasteiger partial charge in [-0.1, -0.05) is 0 Å². The van der Waals surface area contributed by atoms with Crippen LogP contribution in [0.2, 0.25) is 0 Å². The summed E-state index contributed by atoms with van der Waals surface area (Å²) < 4.78 is 13.2. The van der Waals surface area contributed by atoms with Crippen molar-refractivity contribution in [1.82, 2.24) is 4.90 Å². The number of carbonyl (C=O) groups is 1. The third-order valence-electron chi connectivity index (χ3n) is 2.98. The van der Waals surface area contributed by atoms with E-state index in [1.165, 1.54) is 0 Å². The van der Waals surface area contributed by atoms with Gasteiger partial charge in [-0.05, 0) is 77.5 Å². The molecular formula is C15H19BrINO3. The molecular weight excluding hydrogens is 449 g/mol. The fourth-order valence-corrected chi connectivity index (χ4v) is 3.36. The van der Waals surface area contributed by atoms with Crippen molar-refractivity contribution in [3.8, 4) is 5.75 Å². The second kappa shape index (κ2) is 6.73. The van der Waals surface area contributed by atoms with Crippen LogP contribution in [0.1, 0.15) is 20.8 Å². The molecule has 2 rings (SSSR count). The Morgan fingerprint density at radius 2 is 2.10 bits per heavy atom. The van der Waals surface area contributed by atoms with E-state index in [1.54, 1.807) is 4.90 Å². The van der Waals surface area contributed by atoms with Crippen molar-refractivity contribution < 1.29 is 14.3 Å². The van der Waals surface area contributed by atoms with Crippen LogP contribution in [0.15, 0.2) is 22.7 Å². The number of benzene rings is 1. The average Bonchev–Trinajstić information content (AvgIpc) is 2.27. The molecule has 0 bridgehead atoms. The Balaban J connectivity index is 1.75. The van der Waals surface area contributed by atoms with Gasteiger partial charge in [-0.3, -0.25) is 0 Å². The minimum Gasteiger partial charge on any atom is -0.492 e. The van der Waals surface area contributed by atoms with Crippen LogP contribution in [0.3, 0.4) is 0 Å². The van der Waals surface area contributed by atoms with Crippen molar-refractivity contribution in [2.24, 2.45) is 5.92 Å². The first kappa shape index (κ1) is 16.9. The second-order valence-electron chi connectivity index (χ2n) is 6.14. The zero-order valence-corrected chi connectivity index (χ0v) is 16.1. The number of amides is 1. The summed E-state index contributed by atoms with van der Waals surface area (Å²) in [4.78, 5) is 13.5. The van der Waals surface area contributed by atoms with Crippen LogP contribution in [-0.2, 0) is 4.74 Å². The number of hydrogen-bond acceptors (Lipinski definition) is 3. The monoisotopic (exact) mass is 467 g/mol. The maximum absolute atomic E-state index is 11.8. The number of hydrogen-bond donors (Lipinski definition) is 0. The zero-order chi connectivity index (χ0) is 15.6. The molecule has 1 fully saturated rings. The minimum atomic E-state index is -0.440. The second-order valence-corrected chi connectivity index (χ2v) is 8.24. The number of ether oxygens (including phenoxy) is 2. The summed E-state index contributed by atoms with van der Waals surface area (Å²) in [6.07, 6.45) is -0.241. The molecule has 0 unspecified atom stereocenters. The highest BCUT2D eigenvalue weighted by atomic mass is 127. The van der Waals surface area contributed by atoms with Crippen LogP contribution in [0, 0.1) is 9.49 Å². The van der Waals surface area contributed by atoms with Crippen molar-refractivity contribution in [2.45, 2.75) is 26.4 Å². The smallest absolute Gasteiger partial charge is 0.410 e. The van der Waals surface area contributed by atoms with Gasteiger partial charge in [0.25, 0.3) is 0 Å². The van der Waals surface area contributed by atoms with Gasteiger partial charge in [0.05, 0.1) is 11.1 Å². The van der Waals surface area contributed by atoms with E-state index in [-0.39, 0.29) is 6.09 Å². The van der Waals surface area contributed by atoms with Crippen molar-refractivity contribution in [3.05, 3.63) is 26.2 Å². The lowest BCUT2D eigenvalue weighted by Gasteiger charge is -2.39. The van der Waals surface area contributed by atoms with E-state index < -0.39 is 5.60 Å². The Morgan fingerprint density at radius 1 is 1.43 bits per heavy atom. The molecule has 1 aromatic carbocycles. The van der Waals surface area contributed by atoms with Crippen LogP contribution in [0.5, 0.6) is 5.75 Å². The molecule has 0 aliphatic carbocycles. The summed E-state index contributed by atoms with van der Waals surface area (Å²) in [7, 11) is 0. The van der Waals surface area contributed by atoms with E-state index >= 15 is 0 Å². The quantitative estimate of drug-likeness (QED) is 0.622. The predicted octanol–water partition coefficient (Wildman–Crippen LogP) is 4.30. The predicted molar refractivity (Wildman–Crippen MR) is 93.7 cm³/mol. The van der Waals surface area contributed by atoms with Crippen LogP contribution in [-0.4, -0.2) is 36.3 Å². The van der Waals surface area contributed by atoms with Crippen molar-refractivity contribution in [3.63, 3.8) is 0 Å². The van der Waals surface area contributed by atoms with Gasteiger partial charge < -0.3 is 14.4 Å². The lowest BCUT2D eigenvalue weighted by atomic mass is 10.0. The number of carbonyl (C=O) groups excluding carboxylic acids is 1. The minimum absolute atomic E-state index is 0.241. The Morgan fingerprint density at radius 3 is 2.67 bits per heavy atom. The Labute approximate surface area is 147 Å². The molecule has 1 aliphatic heterocycles. The van der Waals surface area contributed by atoms with Gasteiger partial charge in [0.1, 0.15) is 11.4 Å². The molecule has 21 heavy (non-hydrogen) atoms. The molecule has 1 aliphatic rings. The number of rotatable bonds is 3. The third-order valence-corrected chi connectivity index (χ3v) is 4.27. The van der Waals surface area contributed by atoms with Gasteiger partial charge >= 0.3 is 6.09 Å². The number of nitrogens with zero attached hydrogens (tertiary/aromatic N) is 1. The Kier molecular flexibility index (Phi) is 5.40. The first-order valence-corrected chi connectivity index (χ1v) is 8.67. The van der Waals surface area contributed by atoms with Gasteiger partial charge in [0, 0.05) is 22.6 Å². The van der Waals surface area contributed by atoms with Gasteiger partial charge in [-0.25, -0.2) is 4.79 Å². The molecule has 116 valence electrons. The molecule has 0 aromatic heterocycles. The molecule has 0 spiro atoms. The summed E-state index contributed by atoms with van der Waals surface area (Å²) in [6, 6.07) is 5.98. The van der Waals surface area contributed by atoms with E-state index in [9.17, 15) is 4.79 Å². The van der Waals surface area contributed by atoms with Crippen molar-refractivity contribution in [1.29, 1.82) is 0 Å². The van der Waals surface area contributed by atoms with Crippen molar-refractivity contribution in [2.75, 3.05) is 19.7 Å². The standard InChI is InChI=1S/C15H19BrINO3/c1-15(2,3)21-14(19)18-7-10(8-18)9-20-13-5-4-11(17)6-12(13)16/h4-6,10H,7-9H2,1-3H3. The highest BCUT2D eigenvalue weighted by molar-refractivity contribution is 14.1. The molecule has 0 N–H and O–H groups in total. The molecule has 0 atom stereocenters. The fraction of sp³-hybridized carbons (Fsp3) is 0.533. The molecule has 0 radical (unpaired) electrons. The summed E-state index contributed by atoms with van der Waals surface area (Å²) in [5.41, 5.74) is -0.440. The number of halogens is 2. The van der Waals surface area contributed by atoms with Gasteiger partial charge in [-0.2, -0.15) is 0 Å². The van der Waals surface area contributed by atoms with Gasteiger partial charge in [0.15, 0.2) is 0 Å². The first-order valence-electron chi connectivity index (χ1n) is 6.80. The normalized spacial score (nSPS) is 15.6. The maximum Gasteiger partial charge on any atom is 0.410 e. The Hall–Kier alpha value is -0.500. The van der Waals surface area contributed by atoms with Crippen LogP contribution < -0.4 is 4.74 Å². The summed E-state index contributed by atoms with van der Waals surface area (Å²) in [5, 5.41) is 0. The molecule has 1 heterocycles. The summed E-state index contributed by atoms with van der Waals surface area (Å²) >= 11 is 5.75. The van der Waals surface area contributed by atoms with Crippen LogP contribution >= 0.6 is 38.5 Å². The molecule has 4 nitrogen and oxygen atoms in total. The summed E-state index contributed by atoms with van der Waals surface area (Å²) in [6.45, 7) is 7.62. The lowest BCUT2D eigenvalue weighted by Crippen LogP contribution is -2.53. The molecule has 0 saturated carbocycles. The molecule has 1 saturated heterocycles. The largest absolute Gasteiger partial charge is 0.492 e. The summed E-state index contributed by atoms with van der Waals surface area (Å²) in [5.74, 6) is 1.20. The van der Waals surface area contributed by atoms with E-state index in [2.05, 4.69) is 38.5 Å². The average molecular weight is 468 g/mol. The zero-order valence-electron chi connectivity index (χ0n) is 12.4. The molecule has 1 aromatic rings. The highest BCUT2D eigenvalue weighted by Gasteiger charge is 2.34. The molecule has 1 amide bonds. The fourth-order valence-electron chi connectivity index (χ4n) is 1.95. The van der Waals surface area contributed by atoms with E-state index in [0.717, 1.165) is 13.8 Å². The first-order chi connectivity index (χ1) is 9.74. The topological polar surface area (TPSA) is 38.8 Å². The Bertz CT molecular complexity index is 524. The third kappa shape index (κ3) is 5.02. The molecule has 6 heteroatoms. The maximum atomic E-state index is 11.8. The van der Waals surface area contributed by atoms with Crippen LogP contribution in [0.4, 0.5) is 4.79 Å². The van der Waals surface area contributed by atoms with Gasteiger partial charge in [-0.15, -0.1) is 0 Å². The number of likely N-dealkylation sites (tertiary alicyclic amines) is 1. The van der Waals surface area contributed by atoms with Crippen molar-refractivity contribution >= 4 is 44.6 Å². The van der Waals surface area contributed by atoms with E-state index in [0.29, 0.717) is 25.6 Å². The van der Waals surface area contributed by atoms with Crippen LogP contribution in [0.25, 0.3) is 0 Å². The highest BCUT2D eigenvalue weighted by Crippen LogP contribution is 2.28. The van der Waals surface area contributed by atoms with E-state index in [1.807, 2.05) is 39.0 Å². The van der Waals surface area contributed by atoms with Gasteiger partial charge in [0.2, 0.25) is 0 Å². The lowest BCUT2D eigenvalue weighted by molar-refractivity contribution is -0.00785. The SMILES string of the molecule is CC(C)(C)OC(=O)N1CC(COc2ccc(I)cc2Br)C1. The van der Waals surface area contributed by atoms with E-state index in [4.69, 9.17) is 9.47 Å².